The first kappa shape index (κ1) is 33.6. The number of amides is 2. The van der Waals surface area contributed by atoms with Crippen LogP contribution in [-0.4, -0.2) is 44.3 Å². The van der Waals surface area contributed by atoms with E-state index in [4.69, 9.17) is 0 Å². The maximum absolute atomic E-state index is 14.1. The number of alkyl halides is 3. The summed E-state index contributed by atoms with van der Waals surface area (Å²) in [6.45, 7) is 8.80. The fourth-order valence-electron chi connectivity index (χ4n) is 4.55. The maximum atomic E-state index is 14.1. The zero-order chi connectivity index (χ0) is 31.9. The highest BCUT2D eigenvalue weighted by Gasteiger charge is 2.36. The zero-order valence-electron chi connectivity index (χ0n) is 25.0. The second kappa shape index (κ2) is 14.1. The summed E-state index contributed by atoms with van der Waals surface area (Å²) in [6, 6.07) is 16.0. The van der Waals surface area contributed by atoms with Crippen LogP contribution in [0.5, 0.6) is 0 Å². The molecule has 0 spiro atoms. The molecule has 7 nitrogen and oxygen atoms in total. The first-order valence-electron chi connectivity index (χ1n) is 14.0. The largest absolute Gasteiger partial charge is 0.416 e. The first-order chi connectivity index (χ1) is 20.1. The number of nitrogens with zero attached hydrogens (tertiary/aromatic N) is 2. The molecule has 3 aromatic rings. The van der Waals surface area contributed by atoms with Gasteiger partial charge in [-0.05, 0) is 62.1 Å². The van der Waals surface area contributed by atoms with Gasteiger partial charge in [0, 0.05) is 13.1 Å². The van der Waals surface area contributed by atoms with Gasteiger partial charge in [0.15, 0.2) is 0 Å². The summed E-state index contributed by atoms with van der Waals surface area (Å²) in [6.07, 6.45) is -4.51. The highest BCUT2D eigenvalue weighted by Crippen LogP contribution is 2.33. The Morgan fingerprint density at radius 3 is 2.14 bits per heavy atom. The normalized spacial score (nSPS) is 12.6. The summed E-state index contributed by atoms with van der Waals surface area (Å²) >= 11 is 0. The molecule has 2 amide bonds. The molecule has 3 aromatic carbocycles. The van der Waals surface area contributed by atoms with E-state index in [9.17, 15) is 31.2 Å². The number of carbonyl (C=O) groups excluding carboxylic acids is 2. The number of carbonyl (C=O) groups is 2. The summed E-state index contributed by atoms with van der Waals surface area (Å²) < 4.78 is 69.4. The molecule has 0 aromatic heterocycles. The number of rotatable bonds is 12. The van der Waals surface area contributed by atoms with Crippen molar-refractivity contribution in [3.8, 4) is 0 Å². The molecule has 3 rings (SSSR count). The van der Waals surface area contributed by atoms with Crippen LogP contribution in [0.4, 0.5) is 18.9 Å². The van der Waals surface area contributed by atoms with Gasteiger partial charge in [-0.3, -0.25) is 13.9 Å². The Kier molecular flexibility index (Phi) is 11.0. The quantitative estimate of drug-likeness (QED) is 0.266. The summed E-state index contributed by atoms with van der Waals surface area (Å²) in [4.78, 5) is 28.5. The van der Waals surface area contributed by atoms with E-state index in [1.165, 1.54) is 23.1 Å². The molecule has 1 N–H and O–H groups in total. The van der Waals surface area contributed by atoms with Gasteiger partial charge in [0.2, 0.25) is 11.8 Å². The Balaban J connectivity index is 2.11. The summed E-state index contributed by atoms with van der Waals surface area (Å²) in [5.41, 5.74) is 1.04. The molecule has 1 atom stereocenters. The Labute approximate surface area is 251 Å². The van der Waals surface area contributed by atoms with E-state index in [-0.39, 0.29) is 29.5 Å². The first-order valence-corrected chi connectivity index (χ1v) is 15.5. The maximum Gasteiger partial charge on any atom is 0.416 e. The van der Waals surface area contributed by atoms with Crippen LogP contribution < -0.4 is 9.62 Å². The van der Waals surface area contributed by atoms with Crippen molar-refractivity contribution >= 4 is 27.5 Å². The van der Waals surface area contributed by atoms with Gasteiger partial charge in [-0.2, -0.15) is 13.2 Å². The fourth-order valence-corrected chi connectivity index (χ4v) is 5.96. The molecule has 0 saturated carbocycles. The number of halogens is 3. The minimum absolute atomic E-state index is 0.00483. The zero-order valence-corrected chi connectivity index (χ0v) is 25.8. The van der Waals surface area contributed by atoms with Crippen molar-refractivity contribution in [1.29, 1.82) is 0 Å². The number of benzene rings is 3. The SMILES string of the molecule is CC[C@@H](C(=O)NCC(C)C)N(Cc1cccc(C)c1)C(=O)CN(c1cccc(C(F)(F)F)c1)S(=O)(=O)c1ccc(C)cc1. The number of sulfonamides is 1. The highest BCUT2D eigenvalue weighted by molar-refractivity contribution is 7.92. The Bertz CT molecular complexity index is 1520. The van der Waals surface area contributed by atoms with Crippen molar-refractivity contribution in [2.75, 3.05) is 17.4 Å². The van der Waals surface area contributed by atoms with Crippen molar-refractivity contribution in [1.82, 2.24) is 10.2 Å². The third-order valence-corrected chi connectivity index (χ3v) is 8.64. The lowest BCUT2D eigenvalue weighted by molar-refractivity contribution is -0.140. The summed E-state index contributed by atoms with van der Waals surface area (Å²) in [7, 11) is -4.50. The minimum Gasteiger partial charge on any atom is -0.354 e. The van der Waals surface area contributed by atoms with Gasteiger partial charge in [0.1, 0.15) is 12.6 Å². The highest BCUT2D eigenvalue weighted by atomic mass is 32.2. The third kappa shape index (κ3) is 8.82. The van der Waals surface area contributed by atoms with E-state index >= 15 is 0 Å². The summed E-state index contributed by atoms with van der Waals surface area (Å²) in [5.74, 6) is -0.983. The van der Waals surface area contributed by atoms with Crippen molar-refractivity contribution < 1.29 is 31.2 Å². The molecule has 0 fully saturated rings. The second-order valence-electron chi connectivity index (χ2n) is 10.9. The van der Waals surface area contributed by atoms with Crippen LogP contribution in [0.2, 0.25) is 0 Å². The van der Waals surface area contributed by atoms with Crippen molar-refractivity contribution in [3.63, 3.8) is 0 Å². The topological polar surface area (TPSA) is 86.8 Å². The molecule has 0 aliphatic carbocycles. The van der Waals surface area contributed by atoms with E-state index < -0.39 is 46.2 Å². The molecule has 0 saturated heterocycles. The van der Waals surface area contributed by atoms with Gasteiger partial charge in [-0.1, -0.05) is 74.4 Å². The van der Waals surface area contributed by atoms with E-state index in [1.807, 2.05) is 39.0 Å². The Morgan fingerprint density at radius 1 is 0.907 bits per heavy atom. The predicted octanol–water partition coefficient (Wildman–Crippen LogP) is 6.10. The summed E-state index contributed by atoms with van der Waals surface area (Å²) in [5, 5.41) is 2.85. The van der Waals surface area contributed by atoms with E-state index in [2.05, 4.69) is 5.32 Å². The predicted molar refractivity (Wildman–Crippen MR) is 161 cm³/mol. The van der Waals surface area contributed by atoms with Gasteiger partial charge in [-0.15, -0.1) is 0 Å². The van der Waals surface area contributed by atoms with Crippen molar-refractivity contribution in [3.05, 3.63) is 95.1 Å². The molecule has 0 heterocycles. The molecule has 43 heavy (non-hydrogen) atoms. The van der Waals surface area contributed by atoms with Gasteiger partial charge in [0.05, 0.1) is 16.1 Å². The Morgan fingerprint density at radius 2 is 1.56 bits per heavy atom. The van der Waals surface area contributed by atoms with E-state index in [0.29, 0.717) is 16.9 Å². The Hall–Kier alpha value is -3.86. The molecule has 11 heteroatoms. The fraction of sp³-hybridized carbons (Fsp3) is 0.375. The number of aryl methyl sites for hydroxylation is 2. The average Bonchev–Trinajstić information content (AvgIpc) is 2.94. The lowest BCUT2D eigenvalue weighted by Crippen LogP contribution is -2.52. The monoisotopic (exact) mass is 617 g/mol. The molecular weight excluding hydrogens is 579 g/mol. The number of hydrogen-bond donors (Lipinski definition) is 1. The van der Waals surface area contributed by atoms with Crippen molar-refractivity contribution in [2.24, 2.45) is 5.92 Å². The van der Waals surface area contributed by atoms with E-state index in [0.717, 1.165) is 28.8 Å². The van der Waals surface area contributed by atoms with Crippen LogP contribution in [0.25, 0.3) is 0 Å². The van der Waals surface area contributed by atoms with Crippen LogP contribution in [0.1, 0.15) is 49.4 Å². The molecule has 232 valence electrons. The number of anilines is 1. The lowest BCUT2D eigenvalue weighted by Gasteiger charge is -2.33. The van der Waals surface area contributed by atoms with Gasteiger partial charge in [0.25, 0.3) is 10.0 Å². The molecule has 0 radical (unpaired) electrons. The molecule has 0 aliphatic heterocycles. The number of hydrogen-bond acceptors (Lipinski definition) is 4. The molecule has 0 aliphatic rings. The van der Waals surface area contributed by atoms with Crippen molar-refractivity contribution in [2.45, 2.75) is 64.7 Å². The van der Waals surface area contributed by atoms with Crippen LogP contribution in [0, 0.1) is 19.8 Å². The van der Waals surface area contributed by atoms with E-state index in [1.54, 1.807) is 32.0 Å². The molecule has 0 unspecified atom stereocenters. The van der Waals surface area contributed by atoms with Gasteiger partial charge in [-0.25, -0.2) is 8.42 Å². The molecule has 0 bridgehead atoms. The van der Waals surface area contributed by atoms with Crippen LogP contribution in [-0.2, 0) is 32.3 Å². The number of nitrogens with one attached hydrogen (secondary N) is 1. The van der Waals surface area contributed by atoms with Gasteiger partial charge >= 0.3 is 6.18 Å². The van der Waals surface area contributed by atoms with Crippen LogP contribution in [0.3, 0.4) is 0 Å². The second-order valence-corrected chi connectivity index (χ2v) is 12.8. The smallest absolute Gasteiger partial charge is 0.354 e. The average molecular weight is 618 g/mol. The lowest BCUT2D eigenvalue weighted by atomic mass is 10.1. The minimum atomic E-state index is -4.74. The molecular formula is C32H38F3N3O4S. The van der Waals surface area contributed by atoms with Crippen LogP contribution >= 0.6 is 0 Å². The standard InChI is InChI=1S/C32H38F3N3O4S/c1-6-29(31(40)36-19-22(2)3)37(20-25-10-7-9-24(5)17-25)30(39)21-38(27-12-8-11-26(18-27)32(33,34)35)43(41,42)28-15-13-23(4)14-16-28/h7-18,22,29H,6,19-21H2,1-5H3,(H,36,40)/t29-/m0/s1. The van der Waals surface area contributed by atoms with Gasteiger partial charge < -0.3 is 10.2 Å². The van der Waals surface area contributed by atoms with Crippen LogP contribution in [0.15, 0.2) is 77.7 Å². The third-order valence-electron chi connectivity index (χ3n) is 6.86.